The van der Waals surface area contributed by atoms with Crippen LogP contribution in [0.4, 0.5) is 0 Å². The van der Waals surface area contributed by atoms with E-state index in [4.69, 9.17) is 9.57 Å². The Kier molecular flexibility index (Phi) is 6.60. The molecule has 0 aliphatic carbocycles. The molecule has 1 rings (SSSR count). The first-order chi connectivity index (χ1) is 9.24. The van der Waals surface area contributed by atoms with Crippen LogP contribution in [-0.2, 0) is 20.8 Å². The van der Waals surface area contributed by atoms with Crippen LogP contribution in [0.3, 0.4) is 0 Å². The van der Waals surface area contributed by atoms with Crippen LogP contribution in [0.2, 0.25) is 0 Å². The monoisotopic (exact) mass is 264 g/mol. The van der Waals surface area contributed by atoms with Gasteiger partial charge in [0.15, 0.2) is 5.71 Å². The number of rotatable bonds is 7. The molecular weight excluding hydrogens is 244 g/mol. The first-order valence-electron chi connectivity index (χ1n) is 6.25. The second-order valence-corrected chi connectivity index (χ2v) is 3.85. The second-order valence-electron chi connectivity index (χ2n) is 3.85. The predicted molar refractivity (Wildman–Crippen MR) is 74.3 cm³/mol. The first-order valence-corrected chi connectivity index (χ1v) is 6.25. The van der Waals surface area contributed by atoms with Gasteiger partial charge < -0.3 is 14.9 Å². The molecule has 19 heavy (non-hydrogen) atoms. The minimum atomic E-state index is -0.471. The summed E-state index contributed by atoms with van der Waals surface area (Å²) < 4.78 is 5.01. The number of benzene rings is 1. The summed E-state index contributed by atoms with van der Waals surface area (Å²) in [6.45, 7) is 2.88. The van der Waals surface area contributed by atoms with E-state index < -0.39 is 5.97 Å². The van der Waals surface area contributed by atoms with E-state index in [9.17, 15) is 4.79 Å². The Morgan fingerprint density at radius 2 is 2.11 bits per heavy atom. The van der Waals surface area contributed by atoms with Gasteiger partial charge in [-0.25, -0.2) is 4.79 Å². The quantitative estimate of drug-likeness (QED) is 0.459. The van der Waals surface area contributed by atoms with Gasteiger partial charge in [-0.05, 0) is 32.5 Å². The Morgan fingerprint density at radius 3 is 2.74 bits per heavy atom. The van der Waals surface area contributed by atoms with Crippen LogP contribution in [0, 0.1) is 0 Å². The summed E-state index contributed by atoms with van der Waals surface area (Å²) >= 11 is 0. The van der Waals surface area contributed by atoms with Crippen LogP contribution in [0.1, 0.15) is 18.1 Å². The van der Waals surface area contributed by atoms with Gasteiger partial charge in [-0.3, -0.25) is 0 Å². The van der Waals surface area contributed by atoms with Crippen molar-refractivity contribution in [1.82, 2.24) is 5.32 Å². The Hall–Kier alpha value is -1.88. The molecule has 0 aromatic heterocycles. The molecule has 0 aliphatic rings. The molecule has 5 nitrogen and oxygen atoms in total. The third kappa shape index (κ3) is 4.37. The highest BCUT2D eigenvalue weighted by molar-refractivity contribution is 6.43. The Balaban J connectivity index is 3.08. The predicted octanol–water partition coefficient (Wildman–Crippen LogP) is 1.36. The van der Waals surface area contributed by atoms with Crippen molar-refractivity contribution < 1.29 is 14.4 Å². The average Bonchev–Trinajstić information content (AvgIpc) is 2.43. The van der Waals surface area contributed by atoms with Gasteiger partial charge in [0.25, 0.3) is 0 Å². The molecule has 0 spiro atoms. The largest absolute Gasteiger partial charge is 0.461 e. The number of carbonyl (C=O) groups excluding carboxylic acids is 1. The SMILES string of the molecule is CCOC(=O)/C(=N\OC)c1ccccc1CCNC. The van der Waals surface area contributed by atoms with Gasteiger partial charge in [0, 0.05) is 5.56 Å². The van der Waals surface area contributed by atoms with Crippen molar-refractivity contribution >= 4 is 11.7 Å². The van der Waals surface area contributed by atoms with E-state index in [-0.39, 0.29) is 5.71 Å². The van der Waals surface area contributed by atoms with Crippen molar-refractivity contribution in [3.05, 3.63) is 35.4 Å². The number of nitrogens with zero attached hydrogens (tertiary/aromatic N) is 1. The molecule has 1 aromatic carbocycles. The number of esters is 1. The first kappa shape index (κ1) is 15.2. The summed E-state index contributed by atoms with van der Waals surface area (Å²) in [5.41, 5.74) is 1.98. The van der Waals surface area contributed by atoms with E-state index in [0.717, 1.165) is 24.1 Å². The lowest BCUT2D eigenvalue weighted by molar-refractivity contribution is -0.135. The van der Waals surface area contributed by atoms with Crippen LogP contribution in [0.5, 0.6) is 0 Å². The number of hydrogen-bond acceptors (Lipinski definition) is 5. The molecule has 0 bridgehead atoms. The minimum Gasteiger partial charge on any atom is -0.461 e. The third-order valence-corrected chi connectivity index (χ3v) is 2.57. The van der Waals surface area contributed by atoms with E-state index in [1.165, 1.54) is 7.11 Å². The van der Waals surface area contributed by atoms with Gasteiger partial charge in [0.1, 0.15) is 7.11 Å². The molecule has 0 amide bonds. The molecule has 0 saturated carbocycles. The number of hydrogen-bond donors (Lipinski definition) is 1. The van der Waals surface area contributed by atoms with Crippen molar-refractivity contribution in [2.75, 3.05) is 27.3 Å². The van der Waals surface area contributed by atoms with E-state index in [0.29, 0.717) is 6.61 Å². The number of likely N-dealkylation sites (N-methyl/N-ethyl adjacent to an activating group) is 1. The van der Waals surface area contributed by atoms with Crippen LogP contribution < -0.4 is 5.32 Å². The summed E-state index contributed by atoms with van der Waals surface area (Å²) in [5.74, 6) is -0.471. The van der Waals surface area contributed by atoms with Gasteiger partial charge in [0.05, 0.1) is 6.61 Å². The Bertz CT molecular complexity index is 444. The minimum absolute atomic E-state index is 0.205. The normalized spacial score (nSPS) is 11.2. The van der Waals surface area contributed by atoms with E-state index in [2.05, 4.69) is 10.5 Å². The number of nitrogens with one attached hydrogen (secondary N) is 1. The fraction of sp³-hybridized carbons (Fsp3) is 0.429. The summed E-state index contributed by atoms with van der Waals surface area (Å²) in [6.07, 6.45) is 0.800. The van der Waals surface area contributed by atoms with Crippen molar-refractivity contribution in [3.63, 3.8) is 0 Å². The molecule has 0 atom stereocenters. The molecule has 0 radical (unpaired) electrons. The van der Waals surface area contributed by atoms with Gasteiger partial charge in [0.2, 0.25) is 0 Å². The molecule has 0 heterocycles. The van der Waals surface area contributed by atoms with Crippen LogP contribution in [0.25, 0.3) is 0 Å². The Morgan fingerprint density at radius 1 is 1.37 bits per heavy atom. The fourth-order valence-electron chi connectivity index (χ4n) is 1.72. The summed E-state index contributed by atoms with van der Waals surface area (Å²) in [4.78, 5) is 16.7. The molecule has 0 saturated heterocycles. The lowest BCUT2D eigenvalue weighted by Crippen LogP contribution is -2.21. The topological polar surface area (TPSA) is 59.9 Å². The number of oxime groups is 1. The maximum Gasteiger partial charge on any atom is 0.361 e. The number of ether oxygens (including phenoxy) is 1. The average molecular weight is 264 g/mol. The van der Waals surface area contributed by atoms with Crippen LogP contribution in [-0.4, -0.2) is 39.0 Å². The summed E-state index contributed by atoms with van der Waals surface area (Å²) in [5, 5.41) is 6.88. The van der Waals surface area contributed by atoms with Crippen LogP contribution >= 0.6 is 0 Å². The molecule has 1 N–H and O–H groups in total. The zero-order valence-corrected chi connectivity index (χ0v) is 11.6. The zero-order chi connectivity index (χ0) is 14.1. The summed E-state index contributed by atoms with van der Waals surface area (Å²) in [7, 11) is 3.30. The van der Waals surface area contributed by atoms with Crippen LogP contribution in [0.15, 0.2) is 29.4 Å². The molecule has 1 aromatic rings. The Labute approximate surface area is 113 Å². The lowest BCUT2D eigenvalue weighted by atomic mass is 10.0. The molecule has 0 fully saturated rings. The molecule has 0 aliphatic heterocycles. The molecule has 5 heteroatoms. The lowest BCUT2D eigenvalue weighted by Gasteiger charge is -2.10. The molecule has 0 unspecified atom stereocenters. The van der Waals surface area contributed by atoms with Crippen molar-refractivity contribution in [2.45, 2.75) is 13.3 Å². The summed E-state index contributed by atoms with van der Waals surface area (Å²) in [6, 6.07) is 7.61. The molecule has 104 valence electrons. The maximum absolute atomic E-state index is 11.9. The highest BCUT2D eigenvalue weighted by Gasteiger charge is 2.19. The van der Waals surface area contributed by atoms with Crippen molar-refractivity contribution in [1.29, 1.82) is 0 Å². The van der Waals surface area contributed by atoms with Crippen molar-refractivity contribution in [2.24, 2.45) is 5.16 Å². The van der Waals surface area contributed by atoms with Crippen molar-refractivity contribution in [3.8, 4) is 0 Å². The maximum atomic E-state index is 11.9. The fourth-order valence-corrected chi connectivity index (χ4v) is 1.72. The van der Waals surface area contributed by atoms with E-state index in [1.54, 1.807) is 6.92 Å². The highest BCUT2D eigenvalue weighted by atomic mass is 16.6. The van der Waals surface area contributed by atoms with E-state index >= 15 is 0 Å². The highest BCUT2D eigenvalue weighted by Crippen LogP contribution is 2.12. The molecular formula is C14H20N2O3. The standard InChI is InChI=1S/C14H20N2O3/c1-4-19-14(17)13(16-18-3)12-8-6-5-7-11(12)9-10-15-2/h5-8,15H,4,9-10H2,1-3H3/b16-13-. The second kappa shape index (κ2) is 8.26. The van der Waals surface area contributed by atoms with E-state index in [1.807, 2.05) is 31.3 Å². The third-order valence-electron chi connectivity index (χ3n) is 2.57. The van der Waals surface area contributed by atoms with Gasteiger partial charge in [-0.15, -0.1) is 0 Å². The van der Waals surface area contributed by atoms with Gasteiger partial charge in [-0.1, -0.05) is 29.4 Å². The zero-order valence-electron chi connectivity index (χ0n) is 11.6. The van der Waals surface area contributed by atoms with Gasteiger partial charge >= 0.3 is 5.97 Å². The number of carbonyl (C=O) groups is 1. The smallest absolute Gasteiger partial charge is 0.361 e. The van der Waals surface area contributed by atoms with Gasteiger partial charge in [-0.2, -0.15) is 0 Å².